The summed E-state index contributed by atoms with van der Waals surface area (Å²) in [5.74, 6) is -0.0276. The maximum absolute atomic E-state index is 13.2. The molecule has 0 aliphatic heterocycles. The molecule has 0 radical (unpaired) electrons. The van der Waals surface area contributed by atoms with E-state index < -0.39 is 33.7 Å². The van der Waals surface area contributed by atoms with Crippen molar-refractivity contribution in [2.75, 3.05) is 11.1 Å². The minimum atomic E-state index is -3.99. The second-order valence-electron chi connectivity index (χ2n) is 10.8. The largest absolute Gasteiger partial charge is 0.446 e. The standard InChI is InChI=1S/C24H33N3O5S/c1-23(2)16-9-10-24(23,19(12-16)32-21(25)28)13-33(30,31)27-22(29)26-20-17-7-3-5-14(17)11-15-6-4-8-18(15)20/h11,16,19H,3-10,12-13H2,1-2H3,(H2,25,28)(H2,26,27,29)/t16?,19?,24-/m1/s1. The number of anilines is 1. The Kier molecular flexibility index (Phi) is 5.19. The Morgan fingerprint density at radius 1 is 1.12 bits per heavy atom. The van der Waals surface area contributed by atoms with Crippen molar-refractivity contribution >= 4 is 27.8 Å². The zero-order valence-corrected chi connectivity index (χ0v) is 20.1. The number of amides is 3. The Labute approximate surface area is 195 Å². The van der Waals surface area contributed by atoms with Gasteiger partial charge in [-0.15, -0.1) is 0 Å². The summed E-state index contributed by atoms with van der Waals surface area (Å²) in [6, 6.07) is 1.54. The summed E-state index contributed by atoms with van der Waals surface area (Å²) in [5.41, 5.74) is 9.80. The molecule has 1 aromatic carbocycles. The van der Waals surface area contributed by atoms with Gasteiger partial charge in [0.15, 0.2) is 0 Å². The van der Waals surface area contributed by atoms with Gasteiger partial charge in [-0.25, -0.2) is 22.7 Å². The van der Waals surface area contributed by atoms with Crippen molar-refractivity contribution in [1.29, 1.82) is 0 Å². The minimum absolute atomic E-state index is 0.250. The highest BCUT2D eigenvalue weighted by Crippen LogP contribution is 2.66. The predicted octanol–water partition coefficient (Wildman–Crippen LogP) is 3.41. The fraction of sp³-hybridized carbons (Fsp3) is 0.667. The molecule has 3 amide bonds. The topological polar surface area (TPSA) is 128 Å². The molecule has 2 fully saturated rings. The summed E-state index contributed by atoms with van der Waals surface area (Å²) in [6.07, 6.45) is 6.52. The molecule has 5 rings (SSSR count). The van der Waals surface area contributed by atoms with Crippen LogP contribution >= 0.6 is 0 Å². The molecule has 33 heavy (non-hydrogen) atoms. The van der Waals surface area contributed by atoms with E-state index in [1.165, 1.54) is 11.1 Å². The van der Waals surface area contributed by atoms with Gasteiger partial charge in [-0.2, -0.15) is 0 Å². The van der Waals surface area contributed by atoms with E-state index in [1.54, 1.807) is 0 Å². The maximum Gasteiger partial charge on any atom is 0.404 e. The number of hydrogen-bond acceptors (Lipinski definition) is 5. The molecule has 1 aromatic rings. The van der Waals surface area contributed by atoms with Crippen LogP contribution in [0.4, 0.5) is 15.3 Å². The molecule has 4 aliphatic carbocycles. The van der Waals surface area contributed by atoms with Gasteiger partial charge in [0.1, 0.15) is 6.10 Å². The van der Waals surface area contributed by atoms with Gasteiger partial charge in [0.2, 0.25) is 10.0 Å². The number of rotatable bonds is 5. The fourth-order valence-corrected chi connectivity index (χ4v) is 9.05. The lowest BCUT2D eigenvalue weighted by atomic mass is 9.69. The van der Waals surface area contributed by atoms with E-state index in [0.29, 0.717) is 12.8 Å². The molecule has 2 bridgehead atoms. The molecule has 2 unspecified atom stereocenters. The molecule has 180 valence electrons. The van der Waals surface area contributed by atoms with Gasteiger partial charge in [-0.05, 0) is 91.4 Å². The number of urea groups is 1. The van der Waals surface area contributed by atoms with Crippen molar-refractivity contribution in [2.24, 2.45) is 22.5 Å². The van der Waals surface area contributed by atoms with Crippen molar-refractivity contribution in [2.45, 2.75) is 77.7 Å². The Morgan fingerprint density at radius 2 is 1.76 bits per heavy atom. The van der Waals surface area contributed by atoms with Crippen molar-refractivity contribution in [1.82, 2.24) is 4.72 Å². The van der Waals surface area contributed by atoms with Crippen LogP contribution in [0.25, 0.3) is 0 Å². The Hall–Kier alpha value is -2.29. The van der Waals surface area contributed by atoms with Gasteiger partial charge in [-0.3, -0.25) is 0 Å². The van der Waals surface area contributed by atoms with Crippen molar-refractivity contribution < 1.29 is 22.7 Å². The first kappa shape index (κ1) is 22.5. The van der Waals surface area contributed by atoms with Crippen LogP contribution in [0.2, 0.25) is 0 Å². The number of aryl methyl sites for hydroxylation is 2. The SMILES string of the molecule is CC1(C)C2CC[C@@]1(CS(=O)(=O)NC(=O)Nc1c3c(cc4c1CCC4)CCC3)C(OC(N)=O)C2. The molecule has 3 atom stereocenters. The molecule has 2 saturated carbocycles. The van der Waals surface area contributed by atoms with E-state index in [1.807, 2.05) is 13.8 Å². The molecule has 9 heteroatoms. The minimum Gasteiger partial charge on any atom is -0.446 e. The molecule has 0 spiro atoms. The lowest BCUT2D eigenvalue weighted by Crippen LogP contribution is -2.50. The zero-order valence-electron chi connectivity index (χ0n) is 19.3. The number of primary amides is 1. The number of carbonyl (C=O) groups excluding carboxylic acids is 2. The average Bonchev–Trinajstić information content (AvgIpc) is 3.44. The first-order valence-electron chi connectivity index (χ1n) is 12.0. The lowest BCUT2D eigenvalue weighted by molar-refractivity contribution is 0.00171. The number of sulfonamides is 1. The third kappa shape index (κ3) is 3.59. The van der Waals surface area contributed by atoms with Gasteiger partial charge in [0, 0.05) is 11.1 Å². The number of nitrogens with two attached hydrogens (primary N) is 1. The van der Waals surface area contributed by atoms with Crippen LogP contribution in [0.15, 0.2) is 6.07 Å². The van der Waals surface area contributed by atoms with E-state index in [0.717, 1.165) is 61.8 Å². The number of benzene rings is 1. The molecule has 4 aliphatic rings. The van der Waals surface area contributed by atoms with E-state index in [-0.39, 0.29) is 17.1 Å². The van der Waals surface area contributed by atoms with E-state index in [2.05, 4.69) is 16.1 Å². The summed E-state index contributed by atoms with van der Waals surface area (Å²) in [5, 5.41) is 2.89. The second-order valence-corrected chi connectivity index (χ2v) is 12.5. The molecule has 8 nitrogen and oxygen atoms in total. The Morgan fingerprint density at radius 3 is 2.33 bits per heavy atom. The lowest BCUT2D eigenvalue weighted by Gasteiger charge is -2.41. The number of ether oxygens (including phenoxy) is 1. The highest BCUT2D eigenvalue weighted by Gasteiger charge is 2.66. The molecule has 0 saturated heterocycles. The van der Waals surface area contributed by atoms with E-state index in [9.17, 15) is 18.0 Å². The molecular formula is C24H33N3O5S. The zero-order chi connectivity index (χ0) is 23.6. The summed E-state index contributed by atoms with van der Waals surface area (Å²) < 4.78 is 34.1. The van der Waals surface area contributed by atoms with Gasteiger partial charge >= 0.3 is 12.1 Å². The fourth-order valence-electron chi connectivity index (χ4n) is 7.27. The van der Waals surface area contributed by atoms with Gasteiger partial charge in [0.05, 0.1) is 5.75 Å². The Balaban J connectivity index is 1.36. The molecule has 4 N–H and O–H groups in total. The van der Waals surface area contributed by atoms with Crippen LogP contribution in [0, 0.1) is 16.7 Å². The Bertz CT molecular complexity index is 1100. The smallest absolute Gasteiger partial charge is 0.404 e. The van der Waals surface area contributed by atoms with Crippen LogP contribution in [-0.2, 0) is 40.4 Å². The quantitative estimate of drug-likeness (QED) is 0.601. The number of carbonyl (C=O) groups is 2. The number of hydrogen-bond donors (Lipinski definition) is 3. The third-order valence-electron chi connectivity index (χ3n) is 9.02. The van der Waals surface area contributed by atoms with Crippen LogP contribution in [0.5, 0.6) is 0 Å². The molecule has 0 heterocycles. The number of nitrogens with one attached hydrogen (secondary N) is 2. The highest BCUT2D eigenvalue weighted by molar-refractivity contribution is 7.90. The number of fused-ring (bicyclic) bond motifs is 4. The van der Waals surface area contributed by atoms with Crippen molar-refractivity contribution in [3.63, 3.8) is 0 Å². The van der Waals surface area contributed by atoms with Crippen LogP contribution in [0.1, 0.15) is 68.2 Å². The highest BCUT2D eigenvalue weighted by atomic mass is 32.2. The van der Waals surface area contributed by atoms with Gasteiger partial charge in [0.25, 0.3) is 0 Å². The van der Waals surface area contributed by atoms with Crippen LogP contribution < -0.4 is 15.8 Å². The summed E-state index contributed by atoms with van der Waals surface area (Å²) in [6.45, 7) is 4.06. The van der Waals surface area contributed by atoms with Gasteiger partial charge < -0.3 is 15.8 Å². The molecule has 0 aromatic heterocycles. The first-order valence-corrected chi connectivity index (χ1v) is 13.6. The van der Waals surface area contributed by atoms with Crippen LogP contribution in [0.3, 0.4) is 0 Å². The van der Waals surface area contributed by atoms with Gasteiger partial charge in [-0.1, -0.05) is 19.9 Å². The maximum atomic E-state index is 13.2. The van der Waals surface area contributed by atoms with E-state index >= 15 is 0 Å². The predicted molar refractivity (Wildman–Crippen MR) is 124 cm³/mol. The third-order valence-corrected chi connectivity index (χ3v) is 10.4. The average molecular weight is 476 g/mol. The summed E-state index contributed by atoms with van der Waals surface area (Å²) >= 11 is 0. The van der Waals surface area contributed by atoms with E-state index in [4.69, 9.17) is 10.5 Å². The first-order chi connectivity index (χ1) is 15.5. The second kappa shape index (κ2) is 7.61. The summed E-state index contributed by atoms with van der Waals surface area (Å²) in [4.78, 5) is 24.4. The monoisotopic (exact) mass is 475 g/mol. The normalized spacial score (nSPS) is 28.9. The van der Waals surface area contributed by atoms with Crippen molar-refractivity contribution in [3.8, 4) is 0 Å². The van der Waals surface area contributed by atoms with Crippen LogP contribution in [-0.4, -0.2) is 32.4 Å². The van der Waals surface area contributed by atoms with Crippen molar-refractivity contribution in [3.05, 3.63) is 28.3 Å². The summed E-state index contributed by atoms with van der Waals surface area (Å²) in [7, 11) is -3.99. The molecular weight excluding hydrogens is 442 g/mol.